The minimum absolute atomic E-state index is 0.340. The molecule has 2 aromatic rings. The third-order valence-corrected chi connectivity index (χ3v) is 3.76. The number of pyridine rings is 1. The molecule has 0 unspecified atom stereocenters. The molecule has 6 heteroatoms. The van der Waals surface area contributed by atoms with Crippen LogP contribution in [0.25, 0.3) is 0 Å². The van der Waals surface area contributed by atoms with Crippen LogP contribution in [0, 0.1) is 5.41 Å². The number of nitrogens with one attached hydrogen (secondary N) is 2. The zero-order valence-electron chi connectivity index (χ0n) is 14.7. The van der Waals surface area contributed by atoms with E-state index in [0.717, 1.165) is 11.3 Å². The fourth-order valence-corrected chi connectivity index (χ4v) is 2.10. The second-order valence-electron chi connectivity index (χ2n) is 6.07. The van der Waals surface area contributed by atoms with Gasteiger partial charge in [0.15, 0.2) is 0 Å². The van der Waals surface area contributed by atoms with Gasteiger partial charge >= 0.3 is 0 Å². The van der Waals surface area contributed by atoms with Crippen LogP contribution < -0.4 is 15.4 Å². The Balaban J connectivity index is 1.94. The number of amides is 2. The average Bonchev–Trinajstić information content (AvgIpc) is 2.62. The average molecular weight is 341 g/mol. The Bertz CT molecular complexity index is 712. The van der Waals surface area contributed by atoms with Gasteiger partial charge in [-0.15, -0.1) is 0 Å². The lowest BCUT2D eigenvalue weighted by atomic mass is 9.91. The van der Waals surface area contributed by atoms with Crippen molar-refractivity contribution >= 4 is 17.5 Å². The van der Waals surface area contributed by atoms with E-state index in [4.69, 9.17) is 4.74 Å². The van der Waals surface area contributed by atoms with Gasteiger partial charge in [-0.2, -0.15) is 0 Å². The standard InChI is InChI=1S/C19H23N3O3/c1-4-25-16-7-5-15(6-8-16)22-18(24)19(2,3)17(23)21-13-14-9-11-20-12-10-14/h5-12H,4,13H2,1-3H3,(H,21,23)(H,22,24). The van der Waals surface area contributed by atoms with Gasteiger partial charge < -0.3 is 15.4 Å². The Hall–Kier alpha value is -2.89. The molecule has 0 radical (unpaired) electrons. The smallest absolute Gasteiger partial charge is 0.239 e. The summed E-state index contributed by atoms with van der Waals surface area (Å²) in [6.07, 6.45) is 3.32. The van der Waals surface area contributed by atoms with E-state index in [2.05, 4.69) is 15.6 Å². The molecule has 0 saturated carbocycles. The number of rotatable bonds is 7. The van der Waals surface area contributed by atoms with Crippen LogP contribution in [-0.4, -0.2) is 23.4 Å². The number of nitrogens with zero attached hydrogens (tertiary/aromatic N) is 1. The van der Waals surface area contributed by atoms with Crippen molar-refractivity contribution in [1.82, 2.24) is 10.3 Å². The molecule has 0 aliphatic rings. The molecule has 0 aliphatic heterocycles. The quantitative estimate of drug-likeness (QED) is 0.759. The second-order valence-corrected chi connectivity index (χ2v) is 6.07. The fraction of sp³-hybridized carbons (Fsp3) is 0.316. The van der Waals surface area contributed by atoms with E-state index in [1.54, 1.807) is 50.5 Å². The molecule has 2 amide bonds. The van der Waals surface area contributed by atoms with Gasteiger partial charge in [-0.25, -0.2) is 0 Å². The first kappa shape index (κ1) is 18.4. The van der Waals surface area contributed by atoms with Crippen molar-refractivity contribution in [2.75, 3.05) is 11.9 Å². The topological polar surface area (TPSA) is 80.3 Å². The number of aromatic nitrogens is 1. The molecule has 6 nitrogen and oxygen atoms in total. The number of benzene rings is 1. The number of hydrogen-bond donors (Lipinski definition) is 2. The lowest BCUT2D eigenvalue weighted by Crippen LogP contribution is -2.44. The van der Waals surface area contributed by atoms with Crippen molar-refractivity contribution < 1.29 is 14.3 Å². The first-order valence-electron chi connectivity index (χ1n) is 8.15. The van der Waals surface area contributed by atoms with Crippen molar-refractivity contribution in [2.45, 2.75) is 27.3 Å². The van der Waals surface area contributed by atoms with Gasteiger partial charge in [-0.3, -0.25) is 14.6 Å². The molecule has 0 bridgehead atoms. The summed E-state index contributed by atoms with van der Waals surface area (Å²) in [5.74, 6) is 0.0199. The molecular formula is C19H23N3O3. The molecule has 1 aromatic heterocycles. The molecular weight excluding hydrogens is 318 g/mol. The number of hydrogen-bond acceptors (Lipinski definition) is 4. The maximum Gasteiger partial charge on any atom is 0.239 e. The second kappa shape index (κ2) is 8.28. The minimum Gasteiger partial charge on any atom is -0.494 e. The van der Waals surface area contributed by atoms with Crippen molar-refractivity contribution in [2.24, 2.45) is 5.41 Å². The minimum atomic E-state index is -1.20. The van der Waals surface area contributed by atoms with E-state index in [9.17, 15) is 9.59 Å². The van der Waals surface area contributed by atoms with Crippen LogP contribution in [0.4, 0.5) is 5.69 Å². The Kier molecular flexibility index (Phi) is 6.11. The summed E-state index contributed by atoms with van der Waals surface area (Å²) in [7, 11) is 0. The summed E-state index contributed by atoms with van der Waals surface area (Å²) < 4.78 is 5.36. The summed E-state index contributed by atoms with van der Waals surface area (Å²) in [4.78, 5) is 28.8. The van der Waals surface area contributed by atoms with Crippen LogP contribution >= 0.6 is 0 Å². The van der Waals surface area contributed by atoms with Crippen LogP contribution in [0.5, 0.6) is 5.75 Å². The number of ether oxygens (including phenoxy) is 1. The van der Waals surface area contributed by atoms with Crippen molar-refractivity contribution in [3.05, 3.63) is 54.4 Å². The van der Waals surface area contributed by atoms with Gasteiger partial charge in [0.05, 0.1) is 6.61 Å². The summed E-state index contributed by atoms with van der Waals surface area (Å²) in [6, 6.07) is 10.7. The maximum absolute atomic E-state index is 12.5. The van der Waals surface area contributed by atoms with Crippen LogP contribution in [-0.2, 0) is 16.1 Å². The lowest BCUT2D eigenvalue weighted by molar-refractivity contribution is -0.138. The third kappa shape index (κ3) is 5.04. The molecule has 132 valence electrons. The molecule has 2 rings (SSSR count). The predicted molar refractivity (Wildman–Crippen MR) is 96.1 cm³/mol. The van der Waals surface area contributed by atoms with Gasteiger partial charge in [0.2, 0.25) is 11.8 Å². The predicted octanol–water partition coefficient (Wildman–Crippen LogP) is 2.76. The normalized spacial score (nSPS) is 10.8. The van der Waals surface area contributed by atoms with E-state index in [1.807, 2.05) is 19.1 Å². The molecule has 0 atom stereocenters. The highest BCUT2D eigenvalue weighted by Crippen LogP contribution is 2.21. The molecule has 0 saturated heterocycles. The molecule has 2 N–H and O–H groups in total. The number of carbonyl (C=O) groups excluding carboxylic acids is 2. The number of anilines is 1. The third-order valence-electron chi connectivity index (χ3n) is 3.76. The summed E-state index contributed by atoms with van der Waals surface area (Å²) in [5.41, 5.74) is 0.334. The van der Waals surface area contributed by atoms with E-state index in [1.165, 1.54) is 0 Å². The highest BCUT2D eigenvalue weighted by atomic mass is 16.5. The zero-order valence-corrected chi connectivity index (χ0v) is 14.7. The monoisotopic (exact) mass is 341 g/mol. The van der Waals surface area contributed by atoms with Crippen LogP contribution in [0.15, 0.2) is 48.8 Å². The van der Waals surface area contributed by atoms with Gasteiger partial charge in [0, 0.05) is 24.6 Å². The summed E-state index contributed by atoms with van der Waals surface area (Å²) in [6.45, 7) is 6.03. The molecule has 0 spiro atoms. The van der Waals surface area contributed by atoms with E-state index in [0.29, 0.717) is 18.8 Å². The van der Waals surface area contributed by atoms with E-state index >= 15 is 0 Å². The largest absolute Gasteiger partial charge is 0.494 e. The lowest BCUT2D eigenvalue weighted by Gasteiger charge is -2.22. The van der Waals surface area contributed by atoms with Gasteiger partial charge in [0.25, 0.3) is 0 Å². The Morgan fingerprint density at radius 1 is 1.04 bits per heavy atom. The van der Waals surface area contributed by atoms with Gasteiger partial charge in [-0.05, 0) is 62.7 Å². The van der Waals surface area contributed by atoms with Gasteiger partial charge in [-0.1, -0.05) is 0 Å². The van der Waals surface area contributed by atoms with Gasteiger partial charge in [0.1, 0.15) is 11.2 Å². The van der Waals surface area contributed by atoms with Crippen molar-refractivity contribution in [3.8, 4) is 5.75 Å². The number of carbonyl (C=O) groups is 2. The Morgan fingerprint density at radius 3 is 2.28 bits per heavy atom. The van der Waals surface area contributed by atoms with Crippen LogP contribution in [0.3, 0.4) is 0 Å². The zero-order chi connectivity index (χ0) is 18.3. The molecule has 1 heterocycles. The highest BCUT2D eigenvalue weighted by Gasteiger charge is 2.35. The summed E-state index contributed by atoms with van der Waals surface area (Å²) in [5, 5.41) is 5.55. The van der Waals surface area contributed by atoms with Crippen LogP contribution in [0.1, 0.15) is 26.3 Å². The molecule has 0 aliphatic carbocycles. The maximum atomic E-state index is 12.5. The Morgan fingerprint density at radius 2 is 1.68 bits per heavy atom. The van der Waals surface area contributed by atoms with E-state index < -0.39 is 5.41 Å². The highest BCUT2D eigenvalue weighted by molar-refractivity contribution is 6.09. The van der Waals surface area contributed by atoms with Crippen LogP contribution in [0.2, 0.25) is 0 Å². The van der Waals surface area contributed by atoms with Crippen molar-refractivity contribution in [3.63, 3.8) is 0 Å². The Labute approximate surface area is 147 Å². The first-order valence-corrected chi connectivity index (χ1v) is 8.15. The fourth-order valence-electron chi connectivity index (χ4n) is 2.10. The first-order chi connectivity index (χ1) is 11.9. The molecule has 25 heavy (non-hydrogen) atoms. The van der Waals surface area contributed by atoms with Crippen molar-refractivity contribution in [1.29, 1.82) is 0 Å². The summed E-state index contributed by atoms with van der Waals surface area (Å²) >= 11 is 0. The SMILES string of the molecule is CCOc1ccc(NC(=O)C(C)(C)C(=O)NCc2ccncc2)cc1. The molecule has 0 fully saturated rings. The molecule has 1 aromatic carbocycles. The van der Waals surface area contributed by atoms with E-state index in [-0.39, 0.29) is 11.8 Å².